The van der Waals surface area contributed by atoms with E-state index in [1.165, 1.54) is 11.3 Å². The molecule has 3 nitrogen and oxygen atoms in total. The van der Waals surface area contributed by atoms with Crippen LogP contribution in [0.5, 0.6) is 0 Å². The third kappa shape index (κ3) is 2.11. The van der Waals surface area contributed by atoms with Crippen LogP contribution in [-0.2, 0) is 0 Å². The van der Waals surface area contributed by atoms with Gasteiger partial charge >= 0.3 is 0 Å². The highest BCUT2D eigenvalue weighted by Gasteiger charge is 2.12. The molecule has 0 amide bonds. The molecule has 2 heterocycles. The number of thiophene rings is 1. The fourth-order valence-corrected chi connectivity index (χ4v) is 3.61. The molecule has 78 valence electrons. The van der Waals surface area contributed by atoms with E-state index in [1.807, 2.05) is 19.1 Å². The molecule has 0 bridgehead atoms. The van der Waals surface area contributed by atoms with Gasteiger partial charge in [-0.05, 0) is 64.2 Å². The number of halogens is 2. The Morgan fingerprint density at radius 1 is 1.47 bits per heavy atom. The van der Waals surface area contributed by atoms with Crippen LogP contribution in [0.4, 0.5) is 0 Å². The second-order valence-corrected chi connectivity index (χ2v) is 6.01. The lowest BCUT2D eigenvalue weighted by atomic mass is 10.5. The van der Waals surface area contributed by atoms with Crippen molar-refractivity contribution in [2.24, 2.45) is 0 Å². The van der Waals surface area contributed by atoms with Gasteiger partial charge in [-0.25, -0.2) is 4.98 Å². The molecule has 0 aliphatic heterocycles. The molecule has 0 fully saturated rings. The van der Waals surface area contributed by atoms with Gasteiger partial charge in [-0.1, -0.05) is 0 Å². The number of carbonyl (C=O) groups is 1. The van der Waals surface area contributed by atoms with Crippen molar-refractivity contribution in [2.45, 2.75) is 6.92 Å². The molecular weight excluding hydrogens is 438 g/mol. The average Bonchev–Trinajstić information content (AvgIpc) is 2.74. The molecule has 2 rings (SSSR count). The van der Waals surface area contributed by atoms with Gasteiger partial charge < -0.3 is 0 Å². The Kier molecular flexibility index (Phi) is 3.45. The molecule has 0 aliphatic rings. The van der Waals surface area contributed by atoms with Crippen LogP contribution < -0.4 is 0 Å². The maximum atomic E-state index is 10.6. The molecule has 15 heavy (non-hydrogen) atoms. The van der Waals surface area contributed by atoms with Crippen LogP contribution in [0.3, 0.4) is 0 Å². The van der Waals surface area contributed by atoms with E-state index in [-0.39, 0.29) is 0 Å². The monoisotopic (exact) mass is 444 g/mol. The highest BCUT2D eigenvalue weighted by atomic mass is 127. The number of aldehydes is 1. The number of nitrogens with zero attached hydrogens (tertiary/aromatic N) is 2. The molecule has 0 aliphatic carbocycles. The predicted molar refractivity (Wildman–Crippen MR) is 77.0 cm³/mol. The topological polar surface area (TPSA) is 34.9 Å². The number of rotatable bonds is 2. The van der Waals surface area contributed by atoms with Crippen LogP contribution in [0.1, 0.15) is 15.5 Å². The molecule has 0 saturated heterocycles. The van der Waals surface area contributed by atoms with Crippen molar-refractivity contribution in [1.82, 2.24) is 9.55 Å². The first-order valence-corrected chi connectivity index (χ1v) is 7.06. The quantitative estimate of drug-likeness (QED) is 0.527. The number of carbonyl (C=O) groups excluding carboxylic acids is 1. The summed E-state index contributed by atoms with van der Waals surface area (Å²) in [4.78, 5) is 15.7. The summed E-state index contributed by atoms with van der Waals surface area (Å²) in [7, 11) is 0. The molecule has 0 N–H and O–H groups in total. The minimum atomic E-state index is 0.740. The normalized spacial score (nSPS) is 10.6. The summed E-state index contributed by atoms with van der Waals surface area (Å²) in [5, 5.41) is 1.04. The Hall–Kier alpha value is 0.0400. The zero-order valence-electron chi connectivity index (χ0n) is 7.70. The van der Waals surface area contributed by atoms with E-state index in [0.29, 0.717) is 0 Å². The molecule has 0 spiro atoms. The van der Waals surface area contributed by atoms with Crippen molar-refractivity contribution in [3.8, 4) is 5.00 Å². The zero-order chi connectivity index (χ0) is 11.0. The summed E-state index contributed by atoms with van der Waals surface area (Å²) in [6.07, 6.45) is 0.873. The van der Waals surface area contributed by atoms with Crippen molar-refractivity contribution >= 4 is 62.8 Å². The van der Waals surface area contributed by atoms with Gasteiger partial charge in [-0.3, -0.25) is 9.36 Å². The second kappa shape index (κ2) is 4.50. The Morgan fingerprint density at radius 2 is 2.20 bits per heavy atom. The number of aryl methyl sites for hydroxylation is 1. The molecule has 0 radical (unpaired) electrons. The van der Waals surface area contributed by atoms with Crippen molar-refractivity contribution in [3.63, 3.8) is 0 Å². The van der Waals surface area contributed by atoms with E-state index in [9.17, 15) is 4.79 Å². The van der Waals surface area contributed by atoms with Gasteiger partial charge in [0.25, 0.3) is 0 Å². The van der Waals surface area contributed by atoms with Gasteiger partial charge in [0.15, 0.2) is 6.29 Å². The summed E-state index contributed by atoms with van der Waals surface area (Å²) in [5.41, 5.74) is 0. The zero-order valence-corrected chi connectivity index (χ0v) is 12.8. The van der Waals surface area contributed by atoms with E-state index in [1.54, 1.807) is 0 Å². The van der Waals surface area contributed by atoms with Crippen molar-refractivity contribution in [1.29, 1.82) is 0 Å². The van der Waals surface area contributed by atoms with Crippen LogP contribution in [0.25, 0.3) is 5.00 Å². The first-order valence-electron chi connectivity index (χ1n) is 4.09. The number of imidazole rings is 1. The first-order chi connectivity index (χ1) is 7.13. The minimum absolute atomic E-state index is 0.740. The predicted octanol–water partition coefficient (Wildman–Crippen LogP) is 3.26. The van der Waals surface area contributed by atoms with Gasteiger partial charge in [-0.15, -0.1) is 11.3 Å². The molecule has 0 atom stereocenters. The lowest BCUT2D eigenvalue weighted by Crippen LogP contribution is -1.96. The summed E-state index contributed by atoms with van der Waals surface area (Å²) < 4.78 is 4.14. The highest BCUT2D eigenvalue weighted by molar-refractivity contribution is 14.1. The van der Waals surface area contributed by atoms with Crippen LogP contribution in [0.15, 0.2) is 12.1 Å². The largest absolute Gasteiger partial charge is 0.297 e. The number of hydrogen-bond acceptors (Lipinski definition) is 3. The number of aromatic nitrogens is 2. The van der Waals surface area contributed by atoms with Gasteiger partial charge in [-0.2, -0.15) is 0 Å². The van der Waals surface area contributed by atoms with Gasteiger partial charge in [0.1, 0.15) is 18.2 Å². The van der Waals surface area contributed by atoms with E-state index >= 15 is 0 Å². The Balaban J connectivity index is 2.57. The Morgan fingerprint density at radius 3 is 2.67 bits per heavy atom. The first kappa shape index (κ1) is 11.5. The third-order valence-corrected chi connectivity index (χ3v) is 5.67. The standard InChI is InChI=1S/C9H6I2N2OS/c1-5-12-8(10)9(11)13(5)7-3-2-6(4-14)15-7/h2-4H,1H3. The maximum Gasteiger partial charge on any atom is 0.160 e. The highest BCUT2D eigenvalue weighted by Crippen LogP contribution is 2.26. The third-order valence-electron chi connectivity index (χ3n) is 1.90. The van der Waals surface area contributed by atoms with Crippen molar-refractivity contribution in [2.75, 3.05) is 0 Å². The van der Waals surface area contributed by atoms with E-state index in [4.69, 9.17) is 0 Å². The molecule has 2 aromatic rings. The maximum absolute atomic E-state index is 10.6. The van der Waals surface area contributed by atoms with E-state index in [2.05, 4.69) is 54.7 Å². The lowest BCUT2D eigenvalue weighted by Gasteiger charge is -2.01. The minimum Gasteiger partial charge on any atom is -0.297 e. The molecule has 6 heteroatoms. The summed E-state index contributed by atoms with van der Waals surface area (Å²) in [6.45, 7) is 1.96. The molecule has 0 unspecified atom stereocenters. The van der Waals surface area contributed by atoms with Crippen LogP contribution >= 0.6 is 56.5 Å². The molecular formula is C9H6I2N2OS. The van der Waals surface area contributed by atoms with Gasteiger partial charge in [0.2, 0.25) is 0 Å². The smallest absolute Gasteiger partial charge is 0.160 e. The molecule has 0 aromatic carbocycles. The van der Waals surface area contributed by atoms with Gasteiger partial charge in [0.05, 0.1) is 4.88 Å². The van der Waals surface area contributed by atoms with E-state index < -0.39 is 0 Å². The van der Waals surface area contributed by atoms with Gasteiger partial charge in [0, 0.05) is 0 Å². The molecule has 0 saturated carbocycles. The molecule has 2 aromatic heterocycles. The van der Waals surface area contributed by atoms with Crippen molar-refractivity contribution < 1.29 is 4.79 Å². The van der Waals surface area contributed by atoms with Crippen LogP contribution in [0, 0.1) is 14.3 Å². The Labute approximate surface area is 118 Å². The average molecular weight is 444 g/mol. The second-order valence-electron chi connectivity index (χ2n) is 2.87. The Bertz CT molecular complexity index is 518. The number of hydrogen-bond donors (Lipinski definition) is 0. The fourth-order valence-electron chi connectivity index (χ4n) is 1.25. The fraction of sp³-hybridized carbons (Fsp3) is 0.111. The SMILES string of the molecule is Cc1nc(I)c(I)n1-c1ccc(C=O)s1. The van der Waals surface area contributed by atoms with Crippen LogP contribution in [0.2, 0.25) is 0 Å². The summed E-state index contributed by atoms with van der Waals surface area (Å²) in [6, 6.07) is 3.77. The summed E-state index contributed by atoms with van der Waals surface area (Å²) >= 11 is 5.95. The van der Waals surface area contributed by atoms with E-state index in [0.717, 1.165) is 29.4 Å². The summed E-state index contributed by atoms with van der Waals surface area (Å²) in [5.74, 6) is 0.947. The van der Waals surface area contributed by atoms with Crippen LogP contribution in [-0.4, -0.2) is 15.8 Å². The van der Waals surface area contributed by atoms with Crippen molar-refractivity contribution in [3.05, 3.63) is 30.2 Å². The lowest BCUT2D eigenvalue weighted by molar-refractivity contribution is 0.112.